The summed E-state index contributed by atoms with van der Waals surface area (Å²) in [5.41, 5.74) is 3.43. The van der Waals surface area contributed by atoms with Crippen LogP contribution in [0.25, 0.3) is 0 Å². The third-order valence-corrected chi connectivity index (χ3v) is 5.52. The van der Waals surface area contributed by atoms with Crippen LogP contribution in [0.3, 0.4) is 0 Å². The quantitative estimate of drug-likeness (QED) is 0.339. The Bertz CT molecular complexity index is 1230. The predicted molar refractivity (Wildman–Crippen MR) is 130 cm³/mol. The molecule has 32 heavy (non-hydrogen) atoms. The van der Waals surface area contributed by atoms with Gasteiger partial charge in [0.1, 0.15) is 10.8 Å². The lowest BCUT2D eigenvalue weighted by molar-refractivity contribution is 0.586. The molecule has 0 saturated carbocycles. The predicted octanol–water partition coefficient (Wildman–Crippen LogP) is 5.74. The van der Waals surface area contributed by atoms with Gasteiger partial charge in [-0.15, -0.1) is 0 Å². The monoisotopic (exact) mass is 488 g/mol. The van der Waals surface area contributed by atoms with Crippen molar-refractivity contribution in [3.05, 3.63) is 93.6 Å². The van der Waals surface area contributed by atoms with Gasteiger partial charge < -0.3 is 10.6 Å². The minimum atomic E-state index is -0.404. The van der Waals surface area contributed by atoms with Crippen molar-refractivity contribution in [2.75, 3.05) is 10.6 Å². The summed E-state index contributed by atoms with van der Waals surface area (Å²) in [4.78, 5) is 0. The highest BCUT2D eigenvalue weighted by Gasteiger charge is 2.13. The maximum atomic E-state index is 14.0. The Morgan fingerprint density at radius 1 is 1.00 bits per heavy atom. The number of nitrogens with one attached hydrogen (secondary N) is 2. The Morgan fingerprint density at radius 2 is 1.78 bits per heavy atom. The van der Waals surface area contributed by atoms with Crippen molar-refractivity contribution in [3.63, 3.8) is 0 Å². The minimum absolute atomic E-state index is 0.138. The summed E-state index contributed by atoms with van der Waals surface area (Å²) in [6.07, 6.45) is 5.12. The molecule has 2 aromatic heterocycles. The van der Waals surface area contributed by atoms with E-state index in [-0.39, 0.29) is 6.54 Å². The summed E-state index contributed by atoms with van der Waals surface area (Å²) in [5, 5.41) is 15.7. The van der Waals surface area contributed by atoms with Crippen LogP contribution in [0.2, 0.25) is 10.0 Å². The van der Waals surface area contributed by atoms with Gasteiger partial charge in [0.15, 0.2) is 10.9 Å². The Hall–Kier alpha value is -2.94. The topological polar surface area (TPSA) is 59.7 Å². The van der Waals surface area contributed by atoms with E-state index in [0.29, 0.717) is 33.1 Å². The second-order valence-electron chi connectivity index (χ2n) is 7.21. The highest BCUT2D eigenvalue weighted by molar-refractivity contribution is 7.80. The number of halogens is 3. The molecule has 6 nitrogen and oxygen atoms in total. The van der Waals surface area contributed by atoms with Crippen molar-refractivity contribution in [1.29, 1.82) is 0 Å². The first-order valence-corrected chi connectivity index (χ1v) is 10.9. The van der Waals surface area contributed by atoms with Gasteiger partial charge in [0, 0.05) is 23.0 Å². The second-order valence-corrected chi connectivity index (χ2v) is 8.44. The van der Waals surface area contributed by atoms with Crippen LogP contribution in [-0.2, 0) is 13.1 Å². The van der Waals surface area contributed by atoms with Crippen LogP contribution in [0.5, 0.6) is 0 Å². The number of hydrogen-bond donors (Lipinski definition) is 2. The fourth-order valence-corrected chi connectivity index (χ4v) is 3.71. The van der Waals surface area contributed by atoms with E-state index in [4.69, 9.17) is 35.4 Å². The Labute approximate surface area is 200 Å². The Balaban J connectivity index is 1.37. The van der Waals surface area contributed by atoms with E-state index in [0.717, 1.165) is 11.3 Å². The molecule has 0 bridgehead atoms. The number of nitrogens with zero attached hydrogens (tertiary/aromatic N) is 4. The molecule has 0 aliphatic carbocycles. The average Bonchev–Trinajstić information content (AvgIpc) is 3.32. The lowest BCUT2D eigenvalue weighted by Crippen LogP contribution is -2.19. The summed E-state index contributed by atoms with van der Waals surface area (Å²) in [6, 6.07) is 12.8. The van der Waals surface area contributed by atoms with Gasteiger partial charge in [-0.3, -0.25) is 9.36 Å². The molecule has 2 aromatic carbocycles. The van der Waals surface area contributed by atoms with Crippen LogP contribution in [0.15, 0.2) is 61.1 Å². The number of aryl methyl sites for hydroxylation is 1. The summed E-state index contributed by atoms with van der Waals surface area (Å²) in [5.74, 6) is -0.0536. The Morgan fingerprint density at radius 3 is 2.53 bits per heavy atom. The molecule has 0 radical (unpaired) electrons. The molecule has 0 fully saturated rings. The minimum Gasteiger partial charge on any atom is -0.330 e. The van der Waals surface area contributed by atoms with Crippen LogP contribution >= 0.6 is 35.4 Å². The average molecular weight is 489 g/mol. The van der Waals surface area contributed by atoms with E-state index in [9.17, 15) is 4.39 Å². The van der Waals surface area contributed by atoms with Crippen molar-refractivity contribution in [3.8, 4) is 0 Å². The molecule has 0 amide bonds. The molecular weight excluding hydrogens is 470 g/mol. The van der Waals surface area contributed by atoms with Gasteiger partial charge >= 0.3 is 0 Å². The molecule has 4 aromatic rings. The van der Waals surface area contributed by atoms with Gasteiger partial charge in [0.25, 0.3) is 0 Å². The zero-order valence-electron chi connectivity index (χ0n) is 17.0. The first kappa shape index (κ1) is 22.3. The highest BCUT2D eigenvalue weighted by Crippen LogP contribution is 2.24. The number of thiocarbonyl (C=S) groups is 1. The van der Waals surface area contributed by atoms with Gasteiger partial charge in [-0.25, -0.2) is 4.39 Å². The molecule has 0 atom stereocenters. The van der Waals surface area contributed by atoms with Gasteiger partial charge in [-0.2, -0.15) is 10.2 Å². The van der Waals surface area contributed by atoms with E-state index >= 15 is 0 Å². The smallest absolute Gasteiger partial charge is 0.176 e. The fourth-order valence-electron chi connectivity index (χ4n) is 3.07. The second kappa shape index (κ2) is 9.68. The van der Waals surface area contributed by atoms with E-state index < -0.39 is 5.82 Å². The largest absolute Gasteiger partial charge is 0.330 e. The maximum absolute atomic E-state index is 14.0. The van der Waals surface area contributed by atoms with Gasteiger partial charge in [0.05, 0.1) is 25.0 Å². The molecule has 2 heterocycles. The lowest BCUT2D eigenvalue weighted by atomic mass is 10.1. The van der Waals surface area contributed by atoms with Crippen molar-refractivity contribution < 1.29 is 4.39 Å². The number of benzene rings is 2. The normalized spacial score (nSPS) is 10.9. The van der Waals surface area contributed by atoms with Gasteiger partial charge in [0.2, 0.25) is 0 Å². The van der Waals surface area contributed by atoms with Crippen molar-refractivity contribution in [1.82, 2.24) is 19.6 Å². The van der Waals surface area contributed by atoms with Crippen LogP contribution in [0, 0.1) is 12.7 Å². The van der Waals surface area contributed by atoms with Gasteiger partial charge in [-0.05, 0) is 36.8 Å². The van der Waals surface area contributed by atoms with Crippen LogP contribution in [0.4, 0.5) is 15.9 Å². The van der Waals surface area contributed by atoms with Crippen LogP contribution < -0.4 is 10.6 Å². The van der Waals surface area contributed by atoms with E-state index in [1.807, 2.05) is 10.9 Å². The molecule has 0 saturated heterocycles. The number of rotatable bonds is 6. The summed E-state index contributed by atoms with van der Waals surface area (Å²) >= 11 is 17.7. The Kier molecular flexibility index (Phi) is 6.74. The zero-order chi connectivity index (χ0) is 22.7. The standard InChI is InChI=1S/C22H19Cl2FN6S/c1-14-5-7-15(8-6-14)10-30-11-16(9-26-30)27-22(32)28-21-19(24)13-31(29-21)12-17-18(23)3-2-4-20(17)25/h2-9,11,13H,10,12H2,1H3,(H2,27,28,29,32). The lowest BCUT2D eigenvalue weighted by Gasteiger charge is -2.07. The van der Waals surface area contributed by atoms with Crippen molar-refractivity contribution in [2.45, 2.75) is 20.0 Å². The third-order valence-electron chi connectivity index (χ3n) is 4.69. The summed E-state index contributed by atoms with van der Waals surface area (Å²) in [6.45, 7) is 2.84. The first-order chi connectivity index (χ1) is 15.4. The molecule has 10 heteroatoms. The van der Waals surface area contributed by atoms with E-state index in [2.05, 4.69) is 52.0 Å². The van der Waals surface area contributed by atoms with E-state index in [1.165, 1.54) is 16.3 Å². The number of hydrogen-bond acceptors (Lipinski definition) is 3. The first-order valence-electron chi connectivity index (χ1n) is 9.69. The SMILES string of the molecule is Cc1ccc(Cn2cc(NC(=S)Nc3nn(Cc4c(F)cccc4Cl)cc3Cl)cn2)cc1. The number of aromatic nitrogens is 4. The number of anilines is 2. The van der Waals surface area contributed by atoms with Crippen molar-refractivity contribution >= 4 is 52.0 Å². The molecule has 0 aliphatic rings. The van der Waals surface area contributed by atoms with Crippen LogP contribution in [0.1, 0.15) is 16.7 Å². The third kappa shape index (κ3) is 5.45. The maximum Gasteiger partial charge on any atom is 0.176 e. The molecule has 0 aliphatic heterocycles. The van der Waals surface area contributed by atoms with Gasteiger partial charge in [-0.1, -0.05) is 59.1 Å². The summed E-state index contributed by atoms with van der Waals surface area (Å²) in [7, 11) is 0. The zero-order valence-corrected chi connectivity index (χ0v) is 19.3. The molecule has 164 valence electrons. The summed E-state index contributed by atoms with van der Waals surface area (Å²) < 4.78 is 17.4. The fraction of sp³-hybridized carbons (Fsp3) is 0.136. The molecule has 4 rings (SSSR count). The highest BCUT2D eigenvalue weighted by atomic mass is 35.5. The van der Waals surface area contributed by atoms with E-state index in [1.54, 1.807) is 24.5 Å². The molecular formula is C22H19Cl2FN6S. The van der Waals surface area contributed by atoms with Crippen LogP contribution in [-0.4, -0.2) is 24.7 Å². The van der Waals surface area contributed by atoms with Crippen molar-refractivity contribution in [2.24, 2.45) is 0 Å². The molecule has 2 N–H and O–H groups in total. The molecule has 0 spiro atoms. The molecule has 0 unspecified atom stereocenters.